The minimum absolute atomic E-state index is 0.104. The topological polar surface area (TPSA) is 89.7 Å². The molecule has 0 aliphatic rings. The van der Waals surface area contributed by atoms with Crippen LogP contribution >= 0.6 is 0 Å². The maximum absolute atomic E-state index is 10.9. The fourth-order valence-electron chi connectivity index (χ4n) is 1.29. The Morgan fingerprint density at radius 3 is 2.89 bits per heavy atom. The third-order valence-electron chi connectivity index (χ3n) is 2.10. The van der Waals surface area contributed by atoms with Crippen molar-refractivity contribution in [3.05, 3.63) is 40.0 Å². The van der Waals surface area contributed by atoms with Crippen LogP contribution in [0.3, 0.4) is 0 Å². The van der Waals surface area contributed by atoms with E-state index in [9.17, 15) is 14.9 Å². The van der Waals surface area contributed by atoms with E-state index in [2.05, 4.69) is 5.92 Å². The van der Waals surface area contributed by atoms with Gasteiger partial charge in [-0.1, -0.05) is 6.07 Å². The molecule has 6 heteroatoms. The molecule has 1 rings (SSSR count). The molecule has 6 nitrogen and oxygen atoms in total. The van der Waals surface area contributed by atoms with Crippen molar-refractivity contribution in [2.45, 2.75) is 6.42 Å². The number of carboxylic acid groups (broad SMARTS) is 1. The van der Waals surface area contributed by atoms with Crippen molar-refractivity contribution in [1.29, 1.82) is 0 Å². The Morgan fingerprint density at radius 2 is 2.32 bits per heavy atom. The highest BCUT2D eigenvalue weighted by Gasteiger charge is 2.15. The minimum Gasteiger partial charge on any atom is -0.486 e. The largest absolute Gasteiger partial charge is 0.486 e. The average molecular weight is 261 g/mol. The summed E-state index contributed by atoms with van der Waals surface area (Å²) in [6.45, 7) is 0.182. The number of nitrogens with zero attached hydrogens (tertiary/aromatic N) is 1. The fourth-order valence-corrected chi connectivity index (χ4v) is 1.29. The molecule has 0 aliphatic heterocycles. The summed E-state index contributed by atoms with van der Waals surface area (Å²) < 4.78 is 5.19. The van der Waals surface area contributed by atoms with E-state index in [-0.39, 0.29) is 18.0 Å². The van der Waals surface area contributed by atoms with Crippen molar-refractivity contribution < 1.29 is 19.6 Å². The van der Waals surface area contributed by atoms with E-state index in [0.717, 1.165) is 6.08 Å². The standard InChI is InChI=1S/C13H11NO5/c1-2-3-8-19-12-6-4-10(5-7-13(15)16)9-11(12)14(17)18/h1,4-7,9H,3,8H2,(H,15,16)/b7-5+. The van der Waals surface area contributed by atoms with Crippen LogP contribution in [0.15, 0.2) is 24.3 Å². The van der Waals surface area contributed by atoms with Crippen LogP contribution in [0.4, 0.5) is 5.69 Å². The second-order valence-corrected chi connectivity index (χ2v) is 3.46. The summed E-state index contributed by atoms with van der Waals surface area (Å²) in [5.41, 5.74) is 0.169. The molecular weight excluding hydrogens is 250 g/mol. The van der Waals surface area contributed by atoms with Gasteiger partial charge in [-0.3, -0.25) is 10.1 Å². The van der Waals surface area contributed by atoms with Crippen molar-refractivity contribution in [3.8, 4) is 18.1 Å². The normalized spacial score (nSPS) is 10.1. The first-order valence-corrected chi connectivity index (χ1v) is 5.30. The van der Waals surface area contributed by atoms with Gasteiger partial charge >= 0.3 is 11.7 Å². The Morgan fingerprint density at radius 1 is 1.58 bits per heavy atom. The molecule has 0 spiro atoms. The van der Waals surface area contributed by atoms with E-state index in [1.807, 2.05) is 0 Å². The molecule has 0 amide bonds. The summed E-state index contributed by atoms with van der Waals surface area (Å²) in [7, 11) is 0. The van der Waals surface area contributed by atoms with Gasteiger partial charge in [-0.2, -0.15) is 0 Å². The van der Waals surface area contributed by atoms with E-state index in [1.165, 1.54) is 24.3 Å². The second kappa shape index (κ2) is 6.81. The first kappa shape index (κ1) is 14.3. The summed E-state index contributed by atoms with van der Waals surface area (Å²) in [6.07, 6.45) is 7.56. The van der Waals surface area contributed by atoms with Gasteiger partial charge in [-0.25, -0.2) is 4.79 Å². The number of hydrogen-bond acceptors (Lipinski definition) is 4. The molecule has 0 atom stereocenters. The predicted molar refractivity (Wildman–Crippen MR) is 68.7 cm³/mol. The number of carbonyl (C=O) groups is 1. The molecule has 1 aromatic carbocycles. The number of rotatable bonds is 6. The molecule has 19 heavy (non-hydrogen) atoms. The number of carboxylic acids is 1. The minimum atomic E-state index is -1.13. The summed E-state index contributed by atoms with van der Waals surface area (Å²) in [5.74, 6) is 1.34. The van der Waals surface area contributed by atoms with Crippen LogP contribution in [0.1, 0.15) is 12.0 Å². The lowest BCUT2D eigenvalue weighted by molar-refractivity contribution is -0.385. The Labute approximate surface area is 109 Å². The zero-order chi connectivity index (χ0) is 14.3. The van der Waals surface area contributed by atoms with Crippen molar-refractivity contribution in [1.82, 2.24) is 0 Å². The van der Waals surface area contributed by atoms with Gasteiger partial charge in [0.05, 0.1) is 11.5 Å². The van der Waals surface area contributed by atoms with Crippen molar-refractivity contribution in [3.63, 3.8) is 0 Å². The lowest BCUT2D eigenvalue weighted by Gasteiger charge is -2.05. The highest BCUT2D eigenvalue weighted by atomic mass is 16.6. The number of benzene rings is 1. The number of terminal acetylenes is 1. The van der Waals surface area contributed by atoms with E-state index < -0.39 is 10.9 Å². The lowest BCUT2D eigenvalue weighted by atomic mass is 10.1. The first-order chi connectivity index (χ1) is 9.04. The van der Waals surface area contributed by atoms with Crippen LogP contribution in [0.5, 0.6) is 5.75 Å². The van der Waals surface area contributed by atoms with Gasteiger partial charge < -0.3 is 9.84 Å². The van der Waals surface area contributed by atoms with Crippen LogP contribution in [0, 0.1) is 22.5 Å². The van der Waals surface area contributed by atoms with Crippen LogP contribution < -0.4 is 4.74 Å². The number of nitro groups is 1. The average Bonchev–Trinajstić information content (AvgIpc) is 2.37. The van der Waals surface area contributed by atoms with E-state index in [4.69, 9.17) is 16.3 Å². The van der Waals surface area contributed by atoms with Gasteiger partial charge in [0, 0.05) is 18.6 Å². The van der Waals surface area contributed by atoms with Gasteiger partial charge in [0.15, 0.2) is 5.75 Å². The van der Waals surface area contributed by atoms with Gasteiger partial charge in [0.2, 0.25) is 0 Å². The third-order valence-corrected chi connectivity index (χ3v) is 2.10. The van der Waals surface area contributed by atoms with Gasteiger partial charge in [0.25, 0.3) is 0 Å². The summed E-state index contributed by atoms with van der Waals surface area (Å²) >= 11 is 0. The molecule has 1 aromatic rings. The van der Waals surface area contributed by atoms with Crippen molar-refractivity contribution >= 4 is 17.7 Å². The molecule has 1 N–H and O–H groups in total. The number of ether oxygens (including phenoxy) is 1. The molecule has 0 heterocycles. The van der Waals surface area contributed by atoms with E-state index in [1.54, 1.807) is 0 Å². The van der Waals surface area contributed by atoms with Gasteiger partial charge in [0.1, 0.15) is 0 Å². The SMILES string of the molecule is C#CCCOc1ccc(/C=C/C(=O)O)cc1[N+](=O)[O-]. The number of hydrogen-bond donors (Lipinski definition) is 1. The van der Waals surface area contributed by atoms with E-state index in [0.29, 0.717) is 12.0 Å². The smallest absolute Gasteiger partial charge is 0.328 e. The number of nitro benzene ring substituents is 1. The monoisotopic (exact) mass is 261 g/mol. The fraction of sp³-hybridized carbons (Fsp3) is 0.154. The molecule has 0 saturated carbocycles. The van der Waals surface area contributed by atoms with Crippen LogP contribution in [0.2, 0.25) is 0 Å². The zero-order valence-corrected chi connectivity index (χ0v) is 9.91. The molecule has 0 radical (unpaired) electrons. The number of aliphatic carboxylic acids is 1. The summed E-state index contributed by atoms with van der Waals surface area (Å²) in [6, 6.07) is 4.18. The predicted octanol–water partition coefficient (Wildman–Crippen LogP) is 2.09. The van der Waals surface area contributed by atoms with E-state index >= 15 is 0 Å². The molecule has 98 valence electrons. The summed E-state index contributed by atoms with van der Waals surface area (Å²) in [5, 5.41) is 19.4. The van der Waals surface area contributed by atoms with Crippen molar-refractivity contribution in [2.75, 3.05) is 6.61 Å². The van der Waals surface area contributed by atoms with Crippen molar-refractivity contribution in [2.24, 2.45) is 0 Å². The molecule has 0 fully saturated rings. The Kier molecular flexibility index (Phi) is 5.11. The Bertz CT molecular complexity index is 557. The van der Waals surface area contributed by atoms with Crippen LogP contribution in [0.25, 0.3) is 6.08 Å². The maximum Gasteiger partial charge on any atom is 0.328 e. The molecule has 0 aromatic heterocycles. The second-order valence-electron chi connectivity index (χ2n) is 3.46. The Balaban J connectivity index is 2.98. The molecule has 0 saturated heterocycles. The molecule has 0 aliphatic carbocycles. The van der Waals surface area contributed by atoms with Gasteiger partial charge in [-0.15, -0.1) is 12.3 Å². The highest BCUT2D eigenvalue weighted by molar-refractivity contribution is 5.85. The van der Waals surface area contributed by atoms with Crippen LogP contribution in [-0.2, 0) is 4.79 Å². The quantitative estimate of drug-likeness (QED) is 0.278. The molecule has 0 unspecified atom stereocenters. The summed E-state index contributed by atoms with van der Waals surface area (Å²) in [4.78, 5) is 20.7. The molecular formula is C13H11NO5. The highest BCUT2D eigenvalue weighted by Crippen LogP contribution is 2.28. The maximum atomic E-state index is 10.9. The lowest BCUT2D eigenvalue weighted by Crippen LogP contribution is -2.00. The first-order valence-electron chi connectivity index (χ1n) is 5.30. The molecule has 0 bridgehead atoms. The third kappa shape index (κ3) is 4.52. The van der Waals surface area contributed by atoms with Gasteiger partial charge in [-0.05, 0) is 17.7 Å². The zero-order valence-electron chi connectivity index (χ0n) is 9.91. The van der Waals surface area contributed by atoms with Crippen LogP contribution in [-0.4, -0.2) is 22.6 Å². The Hall–Kier alpha value is -2.81.